The summed E-state index contributed by atoms with van der Waals surface area (Å²) < 4.78 is 10.7. The zero-order valence-electron chi connectivity index (χ0n) is 11.2. The Bertz CT molecular complexity index is 648. The molecule has 0 unspecified atom stereocenters. The van der Waals surface area contributed by atoms with Crippen LogP contribution < -0.4 is 9.47 Å². The van der Waals surface area contributed by atoms with E-state index >= 15 is 0 Å². The van der Waals surface area contributed by atoms with Crippen LogP contribution in [0.25, 0.3) is 0 Å². The quantitative estimate of drug-likeness (QED) is 0.618. The molecular weight excluding hydrogens is 300 g/mol. The van der Waals surface area contributed by atoms with Crippen molar-refractivity contribution < 1.29 is 14.4 Å². The van der Waals surface area contributed by atoms with Gasteiger partial charge in [0.2, 0.25) is 5.28 Å². The molecule has 0 bridgehead atoms. The first-order valence-electron chi connectivity index (χ1n) is 5.94. The molecule has 110 valence electrons. The van der Waals surface area contributed by atoms with E-state index in [9.17, 15) is 10.1 Å². The van der Waals surface area contributed by atoms with Gasteiger partial charge in [-0.2, -0.15) is 9.97 Å². The molecule has 8 nitrogen and oxygen atoms in total. The Morgan fingerprint density at radius 1 is 1.14 bits per heavy atom. The van der Waals surface area contributed by atoms with Crippen molar-refractivity contribution in [1.82, 2.24) is 15.0 Å². The summed E-state index contributed by atoms with van der Waals surface area (Å²) in [4.78, 5) is 21.6. The summed E-state index contributed by atoms with van der Waals surface area (Å²) in [6.07, 6.45) is -0.129. The molecule has 0 aliphatic carbocycles. The van der Waals surface area contributed by atoms with E-state index in [0.29, 0.717) is 5.75 Å². The summed E-state index contributed by atoms with van der Waals surface area (Å²) in [5.74, 6) is 0.332. The number of non-ortho nitro benzene ring substituents is 1. The van der Waals surface area contributed by atoms with Gasteiger partial charge in [0.25, 0.3) is 5.69 Å². The number of ether oxygens (including phenoxy) is 2. The molecular formula is C12H11ClN4O4. The van der Waals surface area contributed by atoms with Gasteiger partial charge in [0, 0.05) is 12.1 Å². The van der Waals surface area contributed by atoms with Gasteiger partial charge in [-0.15, -0.1) is 4.98 Å². The molecule has 2 aromatic rings. The van der Waals surface area contributed by atoms with Crippen molar-refractivity contribution in [2.75, 3.05) is 0 Å². The van der Waals surface area contributed by atoms with Crippen LogP contribution in [0.2, 0.25) is 5.28 Å². The summed E-state index contributed by atoms with van der Waals surface area (Å²) in [5.41, 5.74) is -0.0418. The number of aromatic nitrogens is 3. The molecule has 2 rings (SSSR count). The van der Waals surface area contributed by atoms with Crippen molar-refractivity contribution >= 4 is 17.3 Å². The average Bonchev–Trinajstić information content (AvgIpc) is 2.37. The van der Waals surface area contributed by atoms with Gasteiger partial charge in [-0.3, -0.25) is 10.1 Å². The fraction of sp³-hybridized carbons (Fsp3) is 0.250. The van der Waals surface area contributed by atoms with Gasteiger partial charge in [-0.05, 0) is 37.6 Å². The average molecular weight is 311 g/mol. The van der Waals surface area contributed by atoms with Gasteiger partial charge >= 0.3 is 12.0 Å². The van der Waals surface area contributed by atoms with E-state index in [1.54, 1.807) is 0 Å². The monoisotopic (exact) mass is 310 g/mol. The number of halogens is 1. The van der Waals surface area contributed by atoms with E-state index in [2.05, 4.69) is 15.0 Å². The predicted octanol–water partition coefficient (Wildman–Crippen LogP) is 3.01. The third kappa shape index (κ3) is 4.25. The molecule has 0 atom stereocenters. The van der Waals surface area contributed by atoms with Gasteiger partial charge in [-0.1, -0.05) is 0 Å². The number of nitrogens with zero attached hydrogens (tertiary/aromatic N) is 4. The molecule has 0 fully saturated rings. The van der Waals surface area contributed by atoms with Crippen molar-refractivity contribution in [2.24, 2.45) is 0 Å². The Kier molecular flexibility index (Phi) is 4.49. The van der Waals surface area contributed by atoms with E-state index in [4.69, 9.17) is 21.1 Å². The lowest BCUT2D eigenvalue weighted by Crippen LogP contribution is -2.09. The van der Waals surface area contributed by atoms with Gasteiger partial charge in [-0.25, -0.2) is 0 Å². The van der Waals surface area contributed by atoms with Crippen LogP contribution in [0.3, 0.4) is 0 Å². The first kappa shape index (κ1) is 14.9. The maximum Gasteiger partial charge on any atom is 0.329 e. The molecule has 0 saturated heterocycles. The summed E-state index contributed by atoms with van der Waals surface area (Å²) in [5, 5.41) is 10.5. The first-order valence-corrected chi connectivity index (χ1v) is 6.32. The molecule has 0 radical (unpaired) electrons. The number of nitro groups is 1. The second-order valence-electron chi connectivity index (χ2n) is 4.19. The smallest absolute Gasteiger partial charge is 0.329 e. The third-order valence-corrected chi connectivity index (χ3v) is 2.33. The fourth-order valence-corrected chi connectivity index (χ4v) is 1.51. The Balaban J connectivity index is 2.18. The summed E-state index contributed by atoms with van der Waals surface area (Å²) in [6, 6.07) is 5.46. The normalized spacial score (nSPS) is 10.5. The Morgan fingerprint density at radius 3 is 2.33 bits per heavy atom. The van der Waals surface area contributed by atoms with Crippen LogP contribution in [0.1, 0.15) is 13.8 Å². The minimum absolute atomic E-state index is 0.0418. The van der Waals surface area contributed by atoms with E-state index in [1.165, 1.54) is 24.3 Å². The van der Waals surface area contributed by atoms with Crippen molar-refractivity contribution in [3.05, 3.63) is 39.7 Å². The van der Waals surface area contributed by atoms with Gasteiger partial charge in [0.05, 0.1) is 11.0 Å². The number of hydrogen-bond acceptors (Lipinski definition) is 7. The minimum Gasteiger partial charge on any atom is -0.461 e. The largest absolute Gasteiger partial charge is 0.461 e. The number of hydrogen-bond donors (Lipinski definition) is 0. The molecule has 0 amide bonds. The lowest BCUT2D eigenvalue weighted by Gasteiger charge is -2.09. The molecule has 1 aromatic carbocycles. The van der Waals surface area contributed by atoms with Crippen LogP contribution in [0.4, 0.5) is 5.69 Å². The highest BCUT2D eigenvalue weighted by molar-refractivity contribution is 6.28. The highest BCUT2D eigenvalue weighted by Crippen LogP contribution is 2.23. The van der Waals surface area contributed by atoms with E-state index in [-0.39, 0.29) is 29.1 Å². The number of rotatable bonds is 5. The third-order valence-electron chi connectivity index (χ3n) is 2.16. The molecule has 9 heteroatoms. The topological polar surface area (TPSA) is 100 Å². The van der Waals surface area contributed by atoms with Crippen LogP contribution in [0, 0.1) is 10.1 Å². The maximum absolute atomic E-state index is 10.6. The zero-order valence-corrected chi connectivity index (χ0v) is 11.9. The standard InChI is InChI=1S/C12H11ClN4O4/c1-7(2)20-11-14-10(13)15-12(16-11)21-9-5-3-8(4-6-9)17(18)19/h3-7H,1-2H3. The summed E-state index contributed by atoms with van der Waals surface area (Å²) in [7, 11) is 0. The Morgan fingerprint density at radius 2 is 1.76 bits per heavy atom. The van der Waals surface area contributed by atoms with Crippen LogP contribution in [-0.2, 0) is 0 Å². The van der Waals surface area contributed by atoms with Gasteiger partial charge in [0.15, 0.2) is 0 Å². The minimum atomic E-state index is -0.502. The summed E-state index contributed by atoms with van der Waals surface area (Å²) >= 11 is 5.75. The fourth-order valence-electron chi connectivity index (χ4n) is 1.37. The Hall–Kier alpha value is -2.48. The van der Waals surface area contributed by atoms with Crippen molar-refractivity contribution in [3.63, 3.8) is 0 Å². The van der Waals surface area contributed by atoms with E-state index in [0.717, 1.165) is 0 Å². The molecule has 0 spiro atoms. The lowest BCUT2D eigenvalue weighted by molar-refractivity contribution is -0.384. The number of nitro benzene ring substituents is 1. The number of benzene rings is 1. The maximum atomic E-state index is 10.6. The molecule has 0 aliphatic rings. The van der Waals surface area contributed by atoms with Gasteiger partial charge in [0.1, 0.15) is 5.75 Å². The second kappa shape index (κ2) is 6.31. The van der Waals surface area contributed by atoms with Crippen molar-refractivity contribution in [3.8, 4) is 17.8 Å². The van der Waals surface area contributed by atoms with Crippen molar-refractivity contribution in [2.45, 2.75) is 20.0 Å². The second-order valence-corrected chi connectivity index (χ2v) is 4.53. The van der Waals surface area contributed by atoms with E-state index < -0.39 is 4.92 Å². The molecule has 0 saturated carbocycles. The Labute approximate surface area is 124 Å². The molecule has 0 N–H and O–H groups in total. The highest BCUT2D eigenvalue weighted by Gasteiger charge is 2.11. The summed E-state index contributed by atoms with van der Waals surface area (Å²) in [6.45, 7) is 3.63. The SMILES string of the molecule is CC(C)Oc1nc(Cl)nc(Oc2ccc([N+](=O)[O-])cc2)n1. The molecule has 1 heterocycles. The van der Waals surface area contributed by atoms with Crippen LogP contribution >= 0.6 is 11.6 Å². The van der Waals surface area contributed by atoms with E-state index in [1.807, 2.05) is 13.8 Å². The predicted molar refractivity (Wildman–Crippen MR) is 73.8 cm³/mol. The first-order chi connectivity index (χ1) is 9.94. The van der Waals surface area contributed by atoms with Crippen LogP contribution in [0.5, 0.6) is 17.8 Å². The zero-order chi connectivity index (χ0) is 15.4. The molecule has 1 aromatic heterocycles. The lowest BCUT2D eigenvalue weighted by atomic mass is 10.3. The van der Waals surface area contributed by atoms with Crippen molar-refractivity contribution in [1.29, 1.82) is 0 Å². The molecule has 21 heavy (non-hydrogen) atoms. The highest BCUT2D eigenvalue weighted by atomic mass is 35.5. The van der Waals surface area contributed by atoms with Crippen LogP contribution in [0.15, 0.2) is 24.3 Å². The molecule has 0 aliphatic heterocycles. The van der Waals surface area contributed by atoms with Gasteiger partial charge < -0.3 is 9.47 Å². The van der Waals surface area contributed by atoms with Crippen LogP contribution in [-0.4, -0.2) is 26.0 Å².